The largest absolute Gasteiger partial charge is 0.497 e. The number of carboxylic acid groups (broad SMARTS) is 1. The smallest absolute Gasteiger partial charge is 0.356 e. The van der Waals surface area contributed by atoms with Gasteiger partial charge >= 0.3 is 5.97 Å². The Morgan fingerprint density at radius 1 is 1.19 bits per heavy atom. The number of hydrogen-bond acceptors (Lipinski definition) is 5. The molecule has 2 aromatic rings. The maximum absolute atomic E-state index is 12.4. The Bertz CT molecular complexity index is 781. The summed E-state index contributed by atoms with van der Waals surface area (Å²) >= 11 is 0. The first kappa shape index (κ1) is 17.9. The zero-order valence-corrected chi connectivity index (χ0v) is 14.7. The van der Waals surface area contributed by atoms with E-state index >= 15 is 0 Å². The molecule has 138 valence electrons. The Morgan fingerprint density at radius 3 is 2.62 bits per heavy atom. The summed E-state index contributed by atoms with van der Waals surface area (Å²) in [6, 6.07) is 9.38. The SMILES string of the molecule is COc1cccc(CN2CCN(C(=O)Cn3ccc(C(=O)O)n3)CC2)c1. The molecule has 1 saturated heterocycles. The van der Waals surface area contributed by atoms with Gasteiger partial charge in [0.25, 0.3) is 0 Å². The topological polar surface area (TPSA) is 87.9 Å². The van der Waals surface area contributed by atoms with Crippen molar-refractivity contribution in [1.82, 2.24) is 19.6 Å². The third kappa shape index (κ3) is 4.40. The van der Waals surface area contributed by atoms with Crippen LogP contribution >= 0.6 is 0 Å². The molecule has 1 aliphatic rings. The minimum atomic E-state index is -1.10. The molecular formula is C18H22N4O4. The fourth-order valence-corrected chi connectivity index (χ4v) is 2.99. The van der Waals surface area contributed by atoms with E-state index in [0.29, 0.717) is 13.1 Å². The number of nitrogens with zero attached hydrogens (tertiary/aromatic N) is 4. The van der Waals surface area contributed by atoms with Gasteiger partial charge in [-0.1, -0.05) is 12.1 Å². The van der Waals surface area contributed by atoms with Crippen molar-refractivity contribution in [3.05, 3.63) is 47.8 Å². The Hall–Kier alpha value is -2.87. The highest BCUT2D eigenvalue weighted by molar-refractivity contribution is 5.85. The van der Waals surface area contributed by atoms with E-state index in [1.807, 2.05) is 18.2 Å². The first-order chi connectivity index (χ1) is 12.5. The van der Waals surface area contributed by atoms with E-state index in [4.69, 9.17) is 9.84 Å². The van der Waals surface area contributed by atoms with Gasteiger partial charge in [0.2, 0.25) is 5.91 Å². The number of ether oxygens (including phenoxy) is 1. The number of methoxy groups -OCH3 is 1. The maximum atomic E-state index is 12.4. The van der Waals surface area contributed by atoms with E-state index in [2.05, 4.69) is 16.1 Å². The van der Waals surface area contributed by atoms with Crippen molar-refractivity contribution >= 4 is 11.9 Å². The molecule has 1 aromatic heterocycles. The summed E-state index contributed by atoms with van der Waals surface area (Å²) in [5, 5.41) is 12.8. The second-order valence-corrected chi connectivity index (χ2v) is 6.21. The molecule has 8 heteroatoms. The van der Waals surface area contributed by atoms with Gasteiger partial charge in [-0.05, 0) is 23.8 Å². The molecule has 1 aliphatic heterocycles. The summed E-state index contributed by atoms with van der Waals surface area (Å²) in [5.74, 6) is -0.301. The van der Waals surface area contributed by atoms with E-state index in [-0.39, 0.29) is 18.1 Å². The van der Waals surface area contributed by atoms with Crippen LogP contribution in [0.5, 0.6) is 5.75 Å². The Balaban J connectivity index is 1.49. The van der Waals surface area contributed by atoms with E-state index in [9.17, 15) is 9.59 Å². The zero-order valence-electron chi connectivity index (χ0n) is 14.7. The number of carbonyl (C=O) groups is 2. The lowest BCUT2D eigenvalue weighted by Crippen LogP contribution is -2.49. The molecule has 0 radical (unpaired) electrons. The second kappa shape index (κ2) is 8.01. The average Bonchev–Trinajstić information content (AvgIpc) is 3.11. The maximum Gasteiger partial charge on any atom is 0.356 e. The van der Waals surface area contributed by atoms with Gasteiger partial charge < -0.3 is 14.7 Å². The van der Waals surface area contributed by atoms with Gasteiger partial charge in [-0.25, -0.2) is 4.79 Å². The van der Waals surface area contributed by atoms with E-state index in [1.165, 1.54) is 22.5 Å². The summed E-state index contributed by atoms with van der Waals surface area (Å²) in [4.78, 5) is 27.3. The molecule has 0 spiro atoms. The molecule has 0 unspecified atom stereocenters. The molecule has 1 aromatic carbocycles. The van der Waals surface area contributed by atoms with Gasteiger partial charge in [0.1, 0.15) is 12.3 Å². The number of rotatable bonds is 6. The van der Waals surface area contributed by atoms with Crippen LogP contribution in [0.4, 0.5) is 0 Å². The predicted molar refractivity (Wildman–Crippen MR) is 94.0 cm³/mol. The number of piperazine rings is 1. The number of aromatic carboxylic acids is 1. The number of benzene rings is 1. The highest BCUT2D eigenvalue weighted by Crippen LogP contribution is 2.15. The molecular weight excluding hydrogens is 336 g/mol. The Kier molecular flexibility index (Phi) is 5.52. The summed E-state index contributed by atoms with van der Waals surface area (Å²) in [5.41, 5.74) is 1.13. The minimum Gasteiger partial charge on any atom is -0.497 e. The summed E-state index contributed by atoms with van der Waals surface area (Å²) in [6.07, 6.45) is 1.51. The first-order valence-corrected chi connectivity index (χ1v) is 8.45. The first-order valence-electron chi connectivity index (χ1n) is 8.45. The van der Waals surface area contributed by atoms with Crippen LogP contribution in [0.15, 0.2) is 36.5 Å². The third-order valence-corrected chi connectivity index (χ3v) is 4.42. The lowest BCUT2D eigenvalue weighted by Gasteiger charge is -2.34. The van der Waals surface area contributed by atoms with Crippen LogP contribution < -0.4 is 4.74 Å². The van der Waals surface area contributed by atoms with Crippen LogP contribution in [0.2, 0.25) is 0 Å². The van der Waals surface area contributed by atoms with E-state index in [1.54, 1.807) is 12.0 Å². The second-order valence-electron chi connectivity index (χ2n) is 6.21. The number of hydrogen-bond donors (Lipinski definition) is 1. The molecule has 8 nitrogen and oxygen atoms in total. The normalized spacial score (nSPS) is 15.0. The molecule has 2 heterocycles. The Morgan fingerprint density at radius 2 is 1.96 bits per heavy atom. The minimum absolute atomic E-state index is 0.0499. The zero-order chi connectivity index (χ0) is 18.5. The lowest BCUT2D eigenvalue weighted by molar-refractivity contribution is -0.133. The fraction of sp³-hybridized carbons (Fsp3) is 0.389. The van der Waals surface area contributed by atoms with Crippen molar-refractivity contribution in [3.63, 3.8) is 0 Å². The van der Waals surface area contributed by atoms with Crippen LogP contribution in [0, 0.1) is 0 Å². The molecule has 0 saturated carbocycles. The van der Waals surface area contributed by atoms with Crippen LogP contribution in [0.1, 0.15) is 16.1 Å². The van der Waals surface area contributed by atoms with Crippen molar-refractivity contribution in [2.24, 2.45) is 0 Å². The van der Waals surface area contributed by atoms with Crippen molar-refractivity contribution < 1.29 is 19.4 Å². The third-order valence-electron chi connectivity index (χ3n) is 4.42. The van der Waals surface area contributed by atoms with Gasteiger partial charge in [0.05, 0.1) is 7.11 Å². The molecule has 0 bridgehead atoms. The Labute approximate surface area is 151 Å². The van der Waals surface area contributed by atoms with Gasteiger partial charge in [0, 0.05) is 38.9 Å². The molecule has 26 heavy (non-hydrogen) atoms. The van der Waals surface area contributed by atoms with Gasteiger partial charge in [-0.15, -0.1) is 0 Å². The quantitative estimate of drug-likeness (QED) is 0.827. The van der Waals surface area contributed by atoms with Crippen LogP contribution in [-0.4, -0.2) is 69.9 Å². The van der Waals surface area contributed by atoms with Gasteiger partial charge in [-0.2, -0.15) is 5.10 Å². The summed E-state index contributed by atoms with van der Waals surface area (Å²) < 4.78 is 6.62. The van der Waals surface area contributed by atoms with Gasteiger partial charge in [0.15, 0.2) is 5.69 Å². The molecule has 1 amide bonds. The van der Waals surface area contributed by atoms with Crippen LogP contribution in [0.25, 0.3) is 0 Å². The molecule has 0 aliphatic carbocycles. The van der Waals surface area contributed by atoms with Crippen molar-refractivity contribution in [3.8, 4) is 5.75 Å². The highest BCUT2D eigenvalue weighted by Gasteiger charge is 2.22. The summed E-state index contributed by atoms with van der Waals surface area (Å²) in [6.45, 7) is 3.76. The van der Waals surface area contributed by atoms with Crippen molar-refractivity contribution in [1.29, 1.82) is 0 Å². The molecule has 1 N–H and O–H groups in total. The fourth-order valence-electron chi connectivity index (χ4n) is 2.99. The average molecular weight is 358 g/mol. The van der Waals surface area contributed by atoms with Crippen molar-refractivity contribution in [2.45, 2.75) is 13.1 Å². The van der Waals surface area contributed by atoms with E-state index < -0.39 is 5.97 Å². The molecule has 1 fully saturated rings. The number of carbonyl (C=O) groups excluding carboxylic acids is 1. The monoisotopic (exact) mass is 358 g/mol. The number of aromatic nitrogens is 2. The summed E-state index contributed by atoms with van der Waals surface area (Å²) in [7, 11) is 1.66. The van der Waals surface area contributed by atoms with Crippen LogP contribution in [0.3, 0.4) is 0 Å². The van der Waals surface area contributed by atoms with E-state index in [0.717, 1.165) is 25.4 Å². The molecule has 3 rings (SSSR count). The van der Waals surface area contributed by atoms with Crippen molar-refractivity contribution in [2.75, 3.05) is 33.3 Å². The standard InChI is InChI=1S/C18H22N4O4/c1-26-15-4-2-3-14(11-15)12-20-7-9-21(10-8-20)17(23)13-22-6-5-16(19-22)18(24)25/h2-6,11H,7-10,12-13H2,1H3,(H,24,25). The number of amides is 1. The van der Waals surface area contributed by atoms with Gasteiger partial charge in [-0.3, -0.25) is 14.4 Å². The predicted octanol–water partition coefficient (Wildman–Crippen LogP) is 0.934. The highest BCUT2D eigenvalue weighted by atomic mass is 16.5. The molecule has 0 atom stereocenters. The van der Waals surface area contributed by atoms with Crippen LogP contribution in [-0.2, 0) is 17.9 Å². The number of carboxylic acids is 1. The lowest BCUT2D eigenvalue weighted by atomic mass is 10.2.